The van der Waals surface area contributed by atoms with Crippen molar-refractivity contribution in [3.63, 3.8) is 0 Å². The number of aromatic nitrogens is 3. The van der Waals surface area contributed by atoms with E-state index in [4.69, 9.17) is 0 Å². The van der Waals surface area contributed by atoms with E-state index in [9.17, 15) is 4.79 Å². The first-order valence-corrected chi connectivity index (χ1v) is 5.59. The van der Waals surface area contributed by atoms with Crippen LogP contribution in [-0.4, -0.2) is 14.6 Å². The van der Waals surface area contributed by atoms with Crippen LogP contribution in [0.5, 0.6) is 0 Å². The molecule has 1 N–H and O–H groups in total. The van der Waals surface area contributed by atoms with Gasteiger partial charge in [0.1, 0.15) is 0 Å². The highest BCUT2D eigenvalue weighted by atomic mass is 32.2. The van der Waals surface area contributed by atoms with Gasteiger partial charge in [0.05, 0.1) is 11.3 Å². The van der Waals surface area contributed by atoms with E-state index in [1.54, 1.807) is 11.8 Å². The number of aryl methyl sites for hydroxylation is 1. The lowest BCUT2D eigenvalue weighted by Crippen LogP contribution is -2.19. The van der Waals surface area contributed by atoms with Crippen LogP contribution < -0.4 is 5.56 Å². The van der Waals surface area contributed by atoms with Crippen LogP contribution in [0.15, 0.2) is 11.0 Å². The molecule has 0 atom stereocenters. The van der Waals surface area contributed by atoms with Crippen LogP contribution in [0.2, 0.25) is 0 Å². The van der Waals surface area contributed by atoms with Gasteiger partial charge in [0, 0.05) is 23.3 Å². The molecule has 0 saturated heterocycles. The van der Waals surface area contributed by atoms with Gasteiger partial charge in [-0.2, -0.15) is 11.8 Å². The lowest BCUT2D eigenvalue weighted by atomic mass is 10.2. The van der Waals surface area contributed by atoms with Crippen LogP contribution in [0.3, 0.4) is 0 Å². The Morgan fingerprint density at radius 2 is 2.43 bits per heavy atom. The largest absolute Gasteiger partial charge is 0.297 e. The average molecular weight is 207 g/mol. The summed E-state index contributed by atoms with van der Waals surface area (Å²) < 4.78 is 1.53. The molecular formula is C9H9N3OS. The van der Waals surface area contributed by atoms with Gasteiger partial charge in [0.2, 0.25) is 0 Å². The fourth-order valence-electron chi connectivity index (χ4n) is 1.72. The predicted molar refractivity (Wildman–Crippen MR) is 55.5 cm³/mol. The van der Waals surface area contributed by atoms with Gasteiger partial charge in [-0.05, 0) is 6.92 Å². The van der Waals surface area contributed by atoms with Crippen molar-refractivity contribution in [3.05, 3.63) is 33.4 Å². The van der Waals surface area contributed by atoms with E-state index in [0.717, 1.165) is 34.0 Å². The third-order valence-corrected chi connectivity index (χ3v) is 3.48. The number of hydrogen-bond acceptors (Lipinski definition) is 3. The molecule has 14 heavy (non-hydrogen) atoms. The summed E-state index contributed by atoms with van der Waals surface area (Å²) >= 11 is 1.75. The number of fused-ring (bicyclic) bond motifs is 2. The van der Waals surface area contributed by atoms with Crippen LogP contribution in [0.4, 0.5) is 0 Å². The molecule has 0 fully saturated rings. The van der Waals surface area contributed by atoms with Crippen molar-refractivity contribution < 1.29 is 0 Å². The second-order valence-corrected chi connectivity index (χ2v) is 4.44. The molecule has 0 saturated carbocycles. The zero-order valence-corrected chi connectivity index (χ0v) is 8.52. The lowest BCUT2D eigenvalue weighted by Gasteiger charge is -1.98. The van der Waals surface area contributed by atoms with E-state index in [-0.39, 0.29) is 5.56 Å². The Kier molecular flexibility index (Phi) is 1.53. The number of thioether (sulfide) groups is 1. The predicted octanol–water partition coefficient (Wildman–Crippen LogP) is 1.08. The number of rotatable bonds is 0. The Hall–Kier alpha value is -1.23. The summed E-state index contributed by atoms with van der Waals surface area (Å²) in [4.78, 5) is 16.4. The Labute approximate surface area is 84.3 Å². The molecule has 0 aromatic carbocycles. The van der Waals surface area contributed by atoms with E-state index in [0.29, 0.717) is 0 Å². The maximum atomic E-state index is 11.9. The molecule has 0 amide bonds. The molecule has 1 aliphatic rings. The highest BCUT2D eigenvalue weighted by molar-refractivity contribution is 7.98. The van der Waals surface area contributed by atoms with E-state index < -0.39 is 0 Å². The van der Waals surface area contributed by atoms with Gasteiger partial charge in [0.15, 0.2) is 5.65 Å². The maximum Gasteiger partial charge on any atom is 0.277 e. The van der Waals surface area contributed by atoms with Gasteiger partial charge in [-0.3, -0.25) is 9.89 Å². The highest BCUT2D eigenvalue weighted by Gasteiger charge is 2.19. The summed E-state index contributed by atoms with van der Waals surface area (Å²) in [5, 5.41) is 2.92. The minimum absolute atomic E-state index is 0.0584. The summed E-state index contributed by atoms with van der Waals surface area (Å²) in [5.41, 5.74) is 3.65. The summed E-state index contributed by atoms with van der Waals surface area (Å²) in [6.45, 7) is 1.95. The zero-order chi connectivity index (χ0) is 9.71. The van der Waals surface area contributed by atoms with Crippen molar-refractivity contribution >= 4 is 17.4 Å². The van der Waals surface area contributed by atoms with Crippen LogP contribution >= 0.6 is 11.8 Å². The van der Waals surface area contributed by atoms with Crippen molar-refractivity contribution in [3.8, 4) is 0 Å². The standard InChI is InChI=1S/C9H9N3OS/c1-5-2-10-12-8(5)11-7-4-14-3-6(7)9(12)13/h2,10H,3-4H2,1H3. The van der Waals surface area contributed by atoms with Crippen LogP contribution in [0.1, 0.15) is 16.8 Å². The topological polar surface area (TPSA) is 50.2 Å². The molecule has 0 unspecified atom stereocenters. The van der Waals surface area contributed by atoms with E-state index in [1.165, 1.54) is 4.52 Å². The molecule has 0 aliphatic carbocycles. The van der Waals surface area contributed by atoms with Gasteiger partial charge < -0.3 is 0 Å². The third kappa shape index (κ3) is 0.901. The van der Waals surface area contributed by atoms with Crippen molar-refractivity contribution in [2.24, 2.45) is 0 Å². The lowest BCUT2D eigenvalue weighted by molar-refractivity contribution is 0.874. The van der Waals surface area contributed by atoms with E-state index >= 15 is 0 Å². The van der Waals surface area contributed by atoms with Gasteiger partial charge in [-0.15, -0.1) is 0 Å². The molecule has 0 bridgehead atoms. The number of nitrogens with one attached hydrogen (secondary N) is 1. The van der Waals surface area contributed by atoms with Crippen LogP contribution in [-0.2, 0) is 11.5 Å². The monoisotopic (exact) mass is 207 g/mol. The van der Waals surface area contributed by atoms with E-state index in [1.807, 2.05) is 13.1 Å². The first-order chi connectivity index (χ1) is 6.77. The van der Waals surface area contributed by atoms with Crippen molar-refractivity contribution in [1.29, 1.82) is 0 Å². The van der Waals surface area contributed by atoms with Gasteiger partial charge in [-0.1, -0.05) is 0 Å². The highest BCUT2D eigenvalue weighted by Crippen LogP contribution is 2.26. The Balaban J connectivity index is 2.52. The molecule has 72 valence electrons. The molecule has 2 aromatic heterocycles. The quantitative estimate of drug-likeness (QED) is 0.703. The smallest absolute Gasteiger partial charge is 0.277 e. The summed E-state index contributed by atoms with van der Waals surface area (Å²) in [6.07, 6.45) is 1.81. The molecule has 5 heteroatoms. The average Bonchev–Trinajstić information content (AvgIpc) is 2.75. The first kappa shape index (κ1) is 8.11. The fourth-order valence-corrected chi connectivity index (χ4v) is 2.75. The second-order valence-electron chi connectivity index (χ2n) is 3.45. The third-order valence-electron chi connectivity index (χ3n) is 2.51. The van der Waals surface area contributed by atoms with Gasteiger partial charge >= 0.3 is 0 Å². The number of hydrogen-bond donors (Lipinski definition) is 1. The Morgan fingerprint density at radius 1 is 1.57 bits per heavy atom. The molecule has 0 radical (unpaired) electrons. The second kappa shape index (κ2) is 2.63. The number of nitrogens with zero attached hydrogens (tertiary/aromatic N) is 2. The maximum absolute atomic E-state index is 11.9. The summed E-state index contributed by atoms with van der Waals surface area (Å²) in [5.74, 6) is 1.66. The van der Waals surface area contributed by atoms with Crippen molar-refractivity contribution in [2.75, 3.05) is 0 Å². The molecule has 3 heterocycles. The van der Waals surface area contributed by atoms with Crippen molar-refractivity contribution in [2.45, 2.75) is 18.4 Å². The minimum Gasteiger partial charge on any atom is -0.297 e. The van der Waals surface area contributed by atoms with Gasteiger partial charge in [0.25, 0.3) is 5.56 Å². The molecule has 3 rings (SSSR count). The summed E-state index contributed by atoms with van der Waals surface area (Å²) in [7, 11) is 0. The Morgan fingerprint density at radius 3 is 3.29 bits per heavy atom. The summed E-state index contributed by atoms with van der Waals surface area (Å²) in [6, 6.07) is 0. The van der Waals surface area contributed by atoms with Crippen LogP contribution in [0.25, 0.3) is 5.65 Å². The first-order valence-electron chi connectivity index (χ1n) is 4.43. The normalized spacial score (nSPS) is 14.9. The molecule has 1 aliphatic heterocycles. The molecular weight excluding hydrogens is 198 g/mol. The molecule has 2 aromatic rings. The number of aromatic amines is 1. The van der Waals surface area contributed by atoms with E-state index in [2.05, 4.69) is 10.1 Å². The van der Waals surface area contributed by atoms with Crippen LogP contribution in [0, 0.1) is 6.92 Å². The minimum atomic E-state index is 0.0584. The number of H-pyrrole nitrogens is 1. The van der Waals surface area contributed by atoms with Gasteiger partial charge in [-0.25, -0.2) is 9.50 Å². The fraction of sp³-hybridized carbons (Fsp3) is 0.333. The molecule has 4 nitrogen and oxygen atoms in total. The molecule has 0 spiro atoms. The Bertz CT molecular complexity index is 569. The zero-order valence-electron chi connectivity index (χ0n) is 7.70. The van der Waals surface area contributed by atoms with Crippen molar-refractivity contribution in [1.82, 2.24) is 14.6 Å². The SMILES string of the molecule is Cc1c[nH]n2c(=O)c3c(nc12)CSC3.